The predicted octanol–water partition coefficient (Wildman–Crippen LogP) is 7.33. The van der Waals surface area contributed by atoms with Crippen LogP contribution in [0.25, 0.3) is 53.7 Å². The summed E-state index contributed by atoms with van der Waals surface area (Å²) in [5, 5.41) is 4.48. The van der Waals surface area contributed by atoms with Crippen molar-refractivity contribution in [3.8, 4) is 21.8 Å². The highest BCUT2D eigenvalue weighted by Crippen LogP contribution is 2.33. The average Bonchev–Trinajstić information content (AvgIpc) is 3.23. The van der Waals surface area contributed by atoms with Gasteiger partial charge >= 0.3 is 0 Å². The van der Waals surface area contributed by atoms with Crippen molar-refractivity contribution in [2.75, 3.05) is 0 Å². The van der Waals surface area contributed by atoms with E-state index in [0.717, 1.165) is 27.1 Å². The lowest BCUT2D eigenvalue weighted by atomic mass is 9.99. The molecule has 0 saturated carbocycles. The van der Waals surface area contributed by atoms with Crippen molar-refractivity contribution in [1.82, 2.24) is 9.97 Å². The molecule has 0 radical (unpaired) electrons. The second-order valence-corrected chi connectivity index (χ2v) is 8.15. The van der Waals surface area contributed by atoms with Crippen molar-refractivity contribution in [2.45, 2.75) is 0 Å². The van der Waals surface area contributed by atoms with E-state index in [4.69, 9.17) is 9.97 Å². The smallest absolute Gasteiger partial charge is 0.143 e. The van der Waals surface area contributed by atoms with Crippen molar-refractivity contribution < 1.29 is 0 Å². The predicted molar refractivity (Wildman–Crippen MR) is 123 cm³/mol. The van der Waals surface area contributed by atoms with E-state index in [-0.39, 0.29) is 0 Å². The van der Waals surface area contributed by atoms with Crippen LogP contribution < -0.4 is 0 Å². The summed E-state index contributed by atoms with van der Waals surface area (Å²) in [6.45, 7) is 0. The van der Waals surface area contributed by atoms with Crippen LogP contribution in [0.15, 0.2) is 97.1 Å². The number of para-hydroxylation sites is 1. The van der Waals surface area contributed by atoms with Gasteiger partial charge in [0, 0.05) is 10.8 Å². The Bertz CT molecular complexity index is 1470. The molecule has 0 atom stereocenters. The first-order valence-corrected chi connectivity index (χ1v) is 10.4. The molecule has 0 aliphatic carbocycles. The zero-order valence-electron chi connectivity index (χ0n) is 15.5. The molecule has 0 bridgehead atoms. The Kier molecular flexibility index (Phi) is 3.68. The fraction of sp³-hybridized carbons (Fsp3) is 0. The second kappa shape index (κ2) is 6.50. The summed E-state index contributed by atoms with van der Waals surface area (Å²) >= 11 is 1.69. The van der Waals surface area contributed by atoms with Gasteiger partial charge in [-0.25, -0.2) is 9.97 Å². The number of pyridine rings is 1. The quantitative estimate of drug-likeness (QED) is 0.290. The molecule has 0 N–H and O–H groups in total. The van der Waals surface area contributed by atoms with Gasteiger partial charge < -0.3 is 0 Å². The summed E-state index contributed by atoms with van der Waals surface area (Å²) in [5.74, 6) is 0. The first-order chi connectivity index (χ1) is 14.3. The van der Waals surface area contributed by atoms with Crippen LogP contribution in [0.4, 0.5) is 0 Å². The highest BCUT2D eigenvalue weighted by Gasteiger charge is 2.10. The number of hydrogen-bond donors (Lipinski definition) is 0. The van der Waals surface area contributed by atoms with Crippen molar-refractivity contribution in [3.63, 3.8) is 0 Å². The maximum Gasteiger partial charge on any atom is 0.143 e. The third-order valence-corrected chi connectivity index (χ3v) is 6.36. The molecule has 0 fully saturated rings. The summed E-state index contributed by atoms with van der Waals surface area (Å²) in [5.41, 5.74) is 5.40. The molecule has 0 aliphatic rings. The normalized spacial score (nSPS) is 11.4. The molecule has 2 nitrogen and oxygen atoms in total. The van der Waals surface area contributed by atoms with Crippen LogP contribution in [-0.2, 0) is 0 Å². The molecule has 0 saturated heterocycles. The summed E-state index contributed by atoms with van der Waals surface area (Å²) < 4.78 is 1.19. The number of fused-ring (bicyclic) bond motifs is 4. The fourth-order valence-electron chi connectivity index (χ4n) is 3.82. The minimum absolute atomic E-state index is 0.927. The molecule has 3 heteroatoms. The molecule has 6 aromatic rings. The Morgan fingerprint density at radius 3 is 2.24 bits per heavy atom. The van der Waals surface area contributed by atoms with Gasteiger partial charge in [-0.1, -0.05) is 72.8 Å². The molecule has 0 unspecified atom stereocenters. The van der Waals surface area contributed by atoms with Gasteiger partial charge in [-0.3, -0.25) is 0 Å². The molecule has 2 heterocycles. The lowest BCUT2D eigenvalue weighted by Crippen LogP contribution is -1.87. The largest absolute Gasteiger partial charge is 0.245 e. The molecule has 6 rings (SSSR count). The Balaban J connectivity index is 1.58. The maximum absolute atomic E-state index is 5.05. The third kappa shape index (κ3) is 2.79. The van der Waals surface area contributed by atoms with Crippen LogP contribution >= 0.6 is 11.3 Å². The minimum atomic E-state index is 0.927. The number of aromatic nitrogens is 2. The van der Waals surface area contributed by atoms with Crippen LogP contribution in [0, 0.1) is 0 Å². The van der Waals surface area contributed by atoms with Crippen LogP contribution in [0.2, 0.25) is 0 Å². The summed E-state index contributed by atoms with van der Waals surface area (Å²) in [6, 6.07) is 33.9. The van der Waals surface area contributed by atoms with Gasteiger partial charge in [0.15, 0.2) is 0 Å². The van der Waals surface area contributed by atoms with Crippen LogP contribution in [0.5, 0.6) is 0 Å². The van der Waals surface area contributed by atoms with Gasteiger partial charge in [-0.2, -0.15) is 0 Å². The minimum Gasteiger partial charge on any atom is -0.245 e. The highest BCUT2D eigenvalue weighted by atomic mass is 32.1. The topological polar surface area (TPSA) is 25.8 Å². The molecule has 29 heavy (non-hydrogen) atoms. The van der Waals surface area contributed by atoms with Crippen LogP contribution in [0.1, 0.15) is 0 Å². The highest BCUT2D eigenvalue weighted by molar-refractivity contribution is 7.21. The van der Waals surface area contributed by atoms with Crippen molar-refractivity contribution in [2.24, 2.45) is 0 Å². The lowest BCUT2D eigenvalue weighted by Gasteiger charge is -2.08. The van der Waals surface area contributed by atoms with Gasteiger partial charge in [0.05, 0.1) is 21.4 Å². The third-order valence-electron chi connectivity index (χ3n) is 5.30. The maximum atomic E-state index is 5.05. The summed E-state index contributed by atoms with van der Waals surface area (Å²) in [6.07, 6.45) is 0. The molecular weight excluding hydrogens is 372 g/mol. The number of benzene rings is 4. The average molecular weight is 388 g/mol. The van der Waals surface area contributed by atoms with Gasteiger partial charge in [0.25, 0.3) is 0 Å². The standard InChI is InChI=1S/C26H16N2S/c1-2-6-17(7-3-1)20-13-11-18-10-12-19-14-15-23(27-25(19)21(18)16-20)26-28-22-8-4-5-9-24(22)29-26/h1-16H. The van der Waals surface area contributed by atoms with E-state index in [1.54, 1.807) is 11.3 Å². The van der Waals surface area contributed by atoms with Gasteiger partial charge in [-0.15, -0.1) is 11.3 Å². The Morgan fingerprint density at radius 1 is 0.586 bits per heavy atom. The Hall–Kier alpha value is -3.56. The van der Waals surface area contributed by atoms with Crippen LogP contribution in [-0.4, -0.2) is 9.97 Å². The second-order valence-electron chi connectivity index (χ2n) is 7.12. The van der Waals surface area contributed by atoms with E-state index >= 15 is 0 Å². The first-order valence-electron chi connectivity index (χ1n) is 9.60. The summed E-state index contributed by atoms with van der Waals surface area (Å²) in [7, 11) is 0. The number of hydrogen-bond acceptors (Lipinski definition) is 3. The lowest BCUT2D eigenvalue weighted by molar-refractivity contribution is 1.37. The molecule has 4 aromatic carbocycles. The van der Waals surface area contributed by atoms with E-state index in [9.17, 15) is 0 Å². The zero-order chi connectivity index (χ0) is 19.2. The van der Waals surface area contributed by atoms with E-state index in [2.05, 4.69) is 84.9 Å². The molecule has 136 valence electrons. The van der Waals surface area contributed by atoms with E-state index in [1.165, 1.54) is 26.6 Å². The first kappa shape index (κ1) is 16.4. The molecular formula is C26H16N2S. The molecule has 0 amide bonds. The zero-order valence-corrected chi connectivity index (χ0v) is 16.4. The van der Waals surface area contributed by atoms with Crippen molar-refractivity contribution in [3.05, 3.63) is 97.1 Å². The number of thiazole rings is 1. The Labute approximate surface area is 172 Å². The molecule has 0 spiro atoms. The van der Waals surface area contributed by atoms with Crippen molar-refractivity contribution in [1.29, 1.82) is 0 Å². The van der Waals surface area contributed by atoms with Crippen molar-refractivity contribution >= 4 is 43.2 Å². The molecule has 2 aromatic heterocycles. The Morgan fingerprint density at radius 2 is 1.34 bits per heavy atom. The molecule has 0 aliphatic heterocycles. The number of nitrogens with zero attached hydrogens (tertiary/aromatic N) is 2. The SMILES string of the molecule is c1ccc(-c2ccc3ccc4ccc(-c5nc6ccccc6s5)nc4c3c2)cc1. The summed E-state index contributed by atoms with van der Waals surface area (Å²) in [4.78, 5) is 9.84. The van der Waals surface area contributed by atoms with E-state index in [1.807, 2.05) is 12.1 Å². The van der Waals surface area contributed by atoms with Crippen LogP contribution in [0.3, 0.4) is 0 Å². The van der Waals surface area contributed by atoms with E-state index < -0.39 is 0 Å². The van der Waals surface area contributed by atoms with E-state index in [0.29, 0.717) is 0 Å². The number of rotatable bonds is 2. The van der Waals surface area contributed by atoms with Gasteiger partial charge in [0.2, 0.25) is 0 Å². The fourth-order valence-corrected chi connectivity index (χ4v) is 4.75. The monoisotopic (exact) mass is 388 g/mol. The van der Waals surface area contributed by atoms with Gasteiger partial charge in [-0.05, 0) is 40.8 Å². The van der Waals surface area contributed by atoms with Gasteiger partial charge in [0.1, 0.15) is 5.01 Å².